The summed E-state index contributed by atoms with van der Waals surface area (Å²) in [5.74, 6) is 0.281. The van der Waals surface area contributed by atoms with Crippen molar-refractivity contribution in [2.45, 2.75) is 51.6 Å². The zero-order valence-electron chi connectivity index (χ0n) is 18.7. The maximum Gasteiger partial charge on any atom is 0.269 e. The van der Waals surface area contributed by atoms with E-state index in [4.69, 9.17) is 23.2 Å². The fourth-order valence-electron chi connectivity index (χ4n) is 3.19. The van der Waals surface area contributed by atoms with E-state index >= 15 is 0 Å². The molecule has 0 aliphatic carbocycles. The average molecular weight is 512 g/mol. The van der Waals surface area contributed by atoms with Gasteiger partial charge in [-0.15, -0.1) is 11.8 Å². The Morgan fingerprint density at radius 3 is 2.27 bits per heavy atom. The van der Waals surface area contributed by atoms with Gasteiger partial charge in [0.2, 0.25) is 11.8 Å². The molecule has 33 heavy (non-hydrogen) atoms. The van der Waals surface area contributed by atoms with E-state index < -0.39 is 11.0 Å². The number of nitrogens with zero attached hydrogens (tertiary/aromatic N) is 2. The number of hydrogen-bond acceptors (Lipinski definition) is 5. The van der Waals surface area contributed by atoms with Gasteiger partial charge in [0.05, 0.1) is 20.7 Å². The Bertz CT molecular complexity index is 986. The highest BCUT2D eigenvalue weighted by molar-refractivity contribution is 7.99. The standard InChI is InChI=1S/C23H27Cl2N3O4S/c1-4-21(23(30)26-15(2)3)27(12-17-7-10-19(24)20(25)11-17)22(29)14-33-13-16-5-8-18(9-6-16)28(31)32/h5-11,15,21H,4,12-14H2,1-3H3,(H,26,30)/t21-/m0/s1. The molecule has 0 spiro atoms. The van der Waals surface area contributed by atoms with E-state index in [1.54, 1.807) is 35.2 Å². The van der Waals surface area contributed by atoms with Crippen molar-refractivity contribution in [2.24, 2.45) is 0 Å². The maximum atomic E-state index is 13.2. The lowest BCUT2D eigenvalue weighted by atomic mass is 10.1. The van der Waals surface area contributed by atoms with Crippen molar-refractivity contribution >= 4 is 52.5 Å². The number of rotatable bonds is 11. The smallest absolute Gasteiger partial charge is 0.269 e. The first-order chi connectivity index (χ1) is 15.6. The number of nitrogens with one attached hydrogen (secondary N) is 1. The minimum absolute atomic E-state index is 0.0228. The molecule has 10 heteroatoms. The fourth-order valence-corrected chi connectivity index (χ4v) is 4.38. The summed E-state index contributed by atoms with van der Waals surface area (Å²) in [7, 11) is 0. The van der Waals surface area contributed by atoms with Gasteiger partial charge in [0.15, 0.2) is 0 Å². The Labute approximate surface area is 208 Å². The fraction of sp³-hybridized carbons (Fsp3) is 0.391. The van der Waals surface area contributed by atoms with Crippen molar-refractivity contribution in [3.8, 4) is 0 Å². The topological polar surface area (TPSA) is 92.6 Å². The molecule has 1 N–H and O–H groups in total. The van der Waals surface area contributed by atoms with Crippen molar-refractivity contribution in [3.05, 3.63) is 73.8 Å². The van der Waals surface area contributed by atoms with Crippen LogP contribution in [0.25, 0.3) is 0 Å². The second-order valence-electron chi connectivity index (χ2n) is 7.77. The van der Waals surface area contributed by atoms with Crippen LogP contribution < -0.4 is 5.32 Å². The highest BCUT2D eigenvalue weighted by Crippen LogP contribution is 2.25. The van der Waals surface area contributed by atoms with Crippen molar-refractivity contribution in [1.29, 1.82) is 0 Å². The number of thioether (sulfide) groups is 1. The van der Waals surface area contributed by atoms with Crippen molar-refractivity contribution in [1.82, 2.24) is 10.2 Å². The second kappa shape index (κ2) is 12.8. The van der Waals surface area contributed by atoms with Gasteiger partial charge in [-0.25, -0.2) is 0 Å². The minimum atomic E-state index is -0.630. The number of halogens is 2. The number of nitro benzene ring substituents is 1. The Balaban J connectivity index is 2.14. The second-order valence-corrected chi connectivity index (χ2v) is 9.57. The molecule has 0 aliphatic rings. The molecule has 0 heterocycles. The molecule has 0 aromatic heterocycles. The number of nitro groups is 1. The summed E-state index contributed by atoms with van der Waals surface area (Å²) in [6, 6.07) is 10.7. The van der Waals surface area contributed by atoms with Crippen LogP contribution in [-0.4, -0.2) is 39.5 Å². The van der Waals surface area contributed by atoms with Crippen LogP contribution in [0.3, 0.4) is 0 Å². The molecule has 0 bridgehead atoms. The lowest BCUT2D eigenvalue weighted by Crippen LogP contribution is -2.50. The quantitative estimate of drug-likeness (QED) is 0.319. The number of benzene rings is 2. The molecule has 2 amide bonds. The molecule has 2 aromatic carbocycles. The summed E-state index contributed by atoms with van der Waals surface area (Å²) in [6.07, 6.45) is 0.457. The molecular formula is C23H27Cl2N3O4S. The van der Waals surface area contributed by atoms with E-state index in [0.717, 1.165) is 11.1 Å². The van der Waals surface area contributed by atoms with Crippen LogP contribution in [0, 0.1) is 10.1 Å². The number of carbonyl (C=O) groups is 2. The largest absolute Gasteiger partial charge is 0.352 e. The molecule has 0 fully saturated rings. The normalized spacial score (nSPS) is 11.8. The van der Waals surface area contributed by atoms with Gasteiger partial charge in [0, 0.05) is 30.5 Å². The lowest BCUT2D eigenvalue weighted by Gasteiger charge is -2.31. The Morgan fingerprint density at radius 1 is 1.09 bits per heavy atom. The van der Waals surface area contributed by atoms with Crippen LogP contribution >= 0.6 is 35.0 Å². The summed E-state index contributed by atoms with van der Waals surface area (Å²) in [4.78, 5) is 37.9. The Hall–Kier alpha value is -2.29. The number of amides is 2. The third-order valence-corrected chi connectivity index (χ3v) is 6.52. The SMILES string of the molecule is CC[C@@H](C(=O)NC(C)C)N(Cc1ccc(Cl)c(Cl)c1)C(=O)CSCc1ccc([N+](=O)[O-])cc1. The predicted octanol–water partition coefficient (Wildman–Crippen LogP) is 5.47. The molecule has 2 aromatic rings. The molecule has 0 aliphatic heterocycles. The van der Waals surface area contributed by atoms with Crippen LogP contribution in [0.2, 0.25) is 10.0 Å². The monoisotopic (exact) mass is 511 g/mol. The van der Waals surface area contributed by atoms with Crippen LogP contribution in [0.1, 0.15) is 38.3 Å². The molecule has 0 saturated carbocycles. The van der Waals surface area contributed by atoms with E-state index in [1.807, 2.05) is 20.8 Å². The van der Waals surface area contributed by atoms with Gasteiger partial charge in [-0.2, -0.15) is 0 Å². The summed E-state index contributed by atoms with van der Waals surface area (Å²) in [6.45, 7) is 5.83. The lowest BCUT2D eigenvalue weighted by molar-refractivity contribution is -0.384. The minimum Gasteiger partial charge on any atom is -0.352 e. The highest BCUT2D eigenvalue weighted by Gasteiger charge is 2.29. The van der Waals surface area contributed by atoms with Crippen LogP contribution in [0.4, 0.5) is 5.69 Å². The van der Waals surface area contributed by atoms with E-state index in [-0.39, 0.29) is 35.8 Å². The molecule has 0 saturated heterocycles. The maximum absolute atomic E-state index is 13.2. The van der Waals surface area contributed by atoms with Crippen molar-refractivity contribution < 1.29 is 14.5 Å². The predicted molar refractivity (Wildman–Crippen MR) is 134 cm³/mol. The third kappa shape index (κ3) is 8.21. The first-order valence-corrected chi connectivity index (χ1v) is 12.4. The van der Waals surface area contributed by atoms with Gasteiger partial charge >= 0.3 is 0 Å². The van der Waals surface area contributed by atoms with Gasteiger partial charge in [-0.3, -0.25) is 19.7 Å². The molecule has 1 atom stereocenters. The summed E-state index contributed by atoms with van der Waals surface area (Å²) in [5.41, 5.74) is 1.67. The molecule has 2 rings (SSSR count). The van der Waals surface area contributed by atoms with E-state index in [1.165, 1.54) is 23.9 Å². The van der Waals surface area contributed by atoms with Crippen molar-refractivity contribution in [2.75, 3.05) is 5.75 Å². The van der Waals surface area contributed by atoms with E-state index in [9.17, 15) is 19.7 Å². The summed E-state index contributed by atoms with van der Waals surface area (Å²) < 4.78 is 0. The number of hydrogen-bond donors (Lipinski definition) is 1. The first kappa shape index (κ1) is 27.0. The summed E-state index contributed by atoms with van der Waals surface area (Å²) >= 11 is 13.5. The zero-order chi connectivity index (χ0) is 24.5. The number of non-ortho nitro benzene ring substituents is 1. The van der Waals surface area contributed by atoms with Gasteiger partial charge in [0.25, 0.3) is 5.69 Å². The molecule has 7 nitrogen and oxygen atoms in total. The summed E-state index contributed by atoms with van der Waals surface area (Å²) in [5, 5.41) is 14.5. The number of carbonyl (C=O) groups excluding carboxylic acids is 2. The van der Waals surface area contributed by atoms with E-state index in [0.29, 0.717) is 22.2 Å². The molecule has 0 radical (unpaired) electrons. The molecule has 178 valence electrons. The van der Waals surface area contributed by atoms with Crippen LogP contribution in [-0.2, 0) is 21.9 Å². The Kier molecular flexibility index (Phi) is 10.5. The zero-order valence-corrected chi connectivity index (χ0v) is 21.0. The van der Waals surface area contributed by atoms with Crippen molar-refractivity contribution in [3.63, 3.8) is 0 Å². The van der Waals surface area contributed by atoms with Gasteiger partial charge < -0.3 is 10.2 Å². The average Bonchev–Trinajstić information content (AvgIpc) is 2.75. The third-order valence-electron chi connectivity index (χ3n) is 4.80. The van der Waals surface area contributed by atoms with Gasteiger partial charge in [-0.05, 0) is 43.5 Å². The molecular weight excluding hydrogens is 485 g/mol. The highest BCUT2D eigenvalue weighted by atomic mass is 35.5. The Morgan fingerprint density at radius 2 is 1.73 bits per heavy atom. The van der Waals surface area contributed by atoms with Gasteiger partial charge in [0.1, 0.15) is 6.04 Å². The van der Waals surface area contributed by atoms with Gasteiger partial charge in [-0.1, -0.05) is 48.3 Å². The van der Waals surface area contributed by atoms with E-state index in [2.05, 4.69) is 5.32 Å². The molecule has 0 unspecified atom stereocenters. The van der Waals surface area contributed by atoms with Crippen LogP contribution in [0.5, 0.6) is 0 Å². The first-order valence-electron chi connectivity index (χ1n) is 10.5. The van der Waals surface area contributed by atoms with Crippen LogP contribution in [0.15, 0.2) is 42.5 Å².